The van der Waals surface area contributed by atoms with E-state index < -0.39 is 36.0 Å². The second kappa shape index (κ2) is 8.71. The first-order chi connectivity index (χ1) is 13.8. The SMILES string of the molecule is C[C@H](O)[C@@H]1[C@H](CO)ON(Cc2cccc(-c3ccc(C(=O)O)cc3)c2)[C@@H]1C(N)=O. The summed E-state index contributed by atoms with van der Waals surface area (Å²) in [6, 6.07) is 13.2. The summed E-state index contributed by atoms with van der Waals surface area (Å²) in [7, 11) is 0. The predicted octanol–water partition coefficient (Wildman–Crippen LogP) is 1.01. The quantitative estimate of drug-likeness (QED) is 0.545. The fourth-order valence-corrected chi connectivity index (χ4v) is 3.74. The Morgan fingerprint density at radius 2 is 1.86 bits per heavy atom. The number of hydrogen-bond donors (Lipinski definition) is 4. The molecule has 1 saturated heterocycles. The molecular formula is C21H24N2O6. The number of carboxylic acid groups (broad SMARTS) is 1. The summed E-state index contributed by atoms with van der Waals surface area (Å²) in [6.45, 7) is 1.43. The third-order valence-electron chi connectivity index (χ3n) is 5.13. The number of nitrogens with zero attached hydrogens (tertiary/aromatic N) is 1. The van der Waals surface area contributed by atoms with E-state index in [1.54, 1.807) is 12.1 Å². The van der Waals surface area contributed by atoms with Crippen LogP contribution in [0.5, 0.6) is 0 Å². The first-order valence-electron chi connectivity index (χ1n) is 9.26. The number of carboxylic acids is 1. The molecule has 0 aliphatic carbocycles. The van der Waals surface area contributed by atoms with E-state index >= 15 is 0 Å². The molecule has 5 N–H and O–H groups in total. The molecule has 0 radical (unpaired) electrons. The van der Waals surface area contributed by atoms with Gasteiger partial charge in [0, 0.05) is 5.92 Å². The summed E-state index contributed by atoms with van der Waals surface area (Å²) >= 11 is 0. The van der Waals surface area contributed by atoms with Crippen LogP contribution in [0.1, 0.15) is 22.8 Å². The number of aliphatic hydroxyl groups is 2. The van der Waals surface area contributed by atoms with Crippen molar-refractivity contribution in [1.29, 1.82) is 0 Å². The second-order valence-electron chi connectivity index (χ2n) is 7.15. The van der Waals surface area contributed by atoms with Gasteiger partial charge in [-0.3, -0.25) is 9.63 Å². The summed E-state index contributed by atoms with van der Waals surface area (Å²) < 4.78 is 0. The zero-order chi connectivity index (χ0) is 21.1. The summed E-state index contributed by atoms with van der Waals surface area (Å²) in [4.78, 5) is 28.7. The van der Waals surface area contributed by atoms with Gasteiger partial charge in [-0.1, -0.05) is 30.3 Å². The lowest BCUT2D eigenvalue weighted by atomic mass is 9.89. The predicted molar refractivity (Wildman–Crippen MR) is 104 cm³/mol. The second-order valence-corrected chi connectivity index (χ2v) is 7.15. The molecule has 0 bridgehead atoms. The lowest BCUT2D eigenvalue weighted by Gasteiger charge is -2.24. The fraction of sp³-hybridized carbons (Fsp3) is 0.333. The molecule has 0 unspecified atom stereocenters. The molecule has 1 amide bonds. The van der Waals surface area contributed by atoms with E-state index in [-0.39, 0.29) is 18.7 Å². The number of aromatic carboxylic acids is 1. The van der Waals surface area contributed by atoms with Crippen molar-refractivity contribution in [2.24, 2.45) is 11.7 Å². The van der Waals surface area contributed by atoms with E-state index in [4.69, 9.17) is 15.7 Å². The molecule has 3 rings (SSSR count). The number of amides is 1. The summed E-state index contributed by atoms with van der Waals surface area (Å²) in [6.07, 6.45) is -1.60. The van der Waals surface area contributed by atoms with Crippen molar-refractivity contribution in [2.45, 2.75) is 31.7 Å². The van der Waals surface area contributed by atoms with Gasteiger partial charge in [-0.15, -0.1) is 0 Å². The van der Waals surface area contributed by atoms with Crippen LogP contribution < -0.4 is 5.73 Å². The Bertz CT molecular complexity index is 883. The molecule has 0 spiro atoms. The van der Waals surface area contributed by atoms with Crippen LogP contribution in [0.2, 0.25) is 0 Å². The number of benzene rings is 2. The molecule has 4 atom stereocenters. The Balaban J connectivity index is 1.84. The molecule has 0 saturated carbocycles. The smallest absolute Gasteiger partial charge is 0.335 e. The average Bonchev–Trinajstić information content (AvgIpc) is 3.07. The maximum Gasteiger partial charge on any atom is 0.335 e. The number of hydroxylamine groups is 2. The van der Waals surface area contributed by atoms with E-state index in [9.17, 15) is 19.8 Å². The van der Waals surface area contributed by atoms with Crippen molar-refractivity contribution in [2.75, 3.05) is 6.61 Å². The normalized spacial score (nSPS) is 23.1. The maximum absolute atomic E-state index is 12.0. The van der Waals surface area contributed by atoms with Crippen LogP contribution in [0.25, 0.3) is 11.1 Å². The number of rotatable bonds is 7. The molecule has 1 aliphatic heterocycles. The molecule has 8 heteroatoms. The van der Waals surface area contributed by atoms with Crippen molar-refractivity contribution >= 4 is 11.9 Å². The van der Waals surface area contributed by atoms with Crippen LogP contribution in [0, 0.1) is 5.92 Å². The monoisotopic (exact) mass is 400 g/mol. The van der Waals surface area contributed by atoms with Crippen molar-refractivity contribution in [1.82, 2.24) is 5.06 Å². The molecular weight excluding hydrogens is 376 g/mol. The van der Waals surface area contributed by atoms with Crippen LogP contribution in [-0.2, 0) is 16.2 Å². The van der Waals surface area contributed by atoms with Gasteiger partial charge in [0.05, 0.1) is 24.8 Å². The zero-order valence-corrected chi connectivity index (χ0v) is 15.9. The molecule has 1 aliphatic rings. The van der Waals surface area contributed by atoms with Gasteiger partial charge in [0.15, 0.2) is 0 Å². The highest BCUT2D eigenvalue weighted by Gasteiger charge is 2.48. The van der Waals surface area contributed by atoms with E-state index in [0.29, 0.717) is 0 Å². The summed E-state index contributed by atoms with van der Waals surface area (Å²) in [5, 5.41) is 30.0. The summed E-state index contributed by atoms with van der Waals surface area (Å²) in [5.41, 5.74) is 8.31. The molecule has 0 aromatic heterocycles. The van der Waals surface area contributed by atoms with Crippen LogP contribution in [0.15, 0.2) is 48.5 Å². The largest absolute Gasteiger partial charge is 0.478 e. The Hall–Kier alpha value is -2.78. The van der Waals surface area contributed by atoms with Crippen LogP contribution in [0.4, 0.5) is 0 Å². The van der Waals surface area contributed by atoms with Crippen LogP contribution >= 0.6 is 0 Å². The van der Waals surface area contributed by atoms with Gasteiger partial charge in [0.2, 0.25) is 5.91 Å². The third-order valence-corrected chi connectivity index (χ3v) is 5.13. The summed E-state index contributed by atoms with van der Waals surface area (Å²) in [5.74, 6) is -2.25. The molecule has 154 valence electrons. The van der Waals surface area contributed by atoms with E-state index in [0.717, 1.165) is 16.7 Å². The van der Waals surface area contributed by atoms with Crippen LogP contribution in [-0.4, -0.2) is 57.1 Å². The average molecular weight is 400 g/mol. The van der Waals surface area contributed by atoms with E-state index in [2.05, 4.69) is 0 Å². The van der Waals surface area contributed by atoms with Crippen molar-refractivity contribution < 1.29 is 29.7 Å². The number of carbonyl (C=O) groups is 2. The van der Waals surface area contributed by atoms with Gasteiger partial charge in [0.25, 0.3) is 0 Å². The van der Waals surface area contributed by atoms with Gasteiger partial charge in [-0.25, -0.2) is 4.79 Å². The number of hydrogen-bond acceptors (Lipinski definition) is 6. The minimum atomic E-state index is -0.986. The van der Waals surface area contributed by atoms with Gasteiger partial charge in [-0.05, 0) is 41.8 Å². The number of primary amides is 1. The molecule has 2 aromatic rings. The van der Waals surface area contributed by atoms with E-state index in [1.807, 2.05) is 24.3 Å². The lowest BCUT2D eigenvalue weighted by molar-refractivity contribution is -0.180. The van der Waals surface area contributed by atoms with Crippen molar-refractivity contribution in [3.8, 4) is 11.1 Å². The number of nitrogens with two attached hydrogens (primary N) is 1. The minimum Gasteiger partial charge on any atom is -0.478 e. The highest BCUT2D eigenvalue weighted by Crippen LogP contribution is 2.32. The van der Waals surface area contributed by atoms with Gasteiger partial charge >= 0.3 is 5.97 Å². The van der Waals surface area contributed by atoms with Crippen LogP contribution in [0.3, 0.4) is 0 Å². The van der Waals surface area contributed by atoms with Gasteiger partial charge < -0.3 is 21.1 Å². The highest BCUT2D eigenvalue weighted by atomic mass is 16.7. The maximum atomic E-state index is 12.0. The lowest BCUT2D eigenvalue weighted by Crippen LogP contribution is -2.47. The fourth-order valence-electron chi connectivity index (χ4n) is 3.74. The molecule has 8 nitrogen and oxygen atoms in total. The minimum absolute atomic E-state index is 0.207. The van der Waals surface area contributed by atoms with Crippen molar-refractivity contribution in [3.05, 3.63) is 59.7 Å². The van der Waals surface area contributed by atoms with Gasteiger partial charge in [0.1, 0.15) is 12.1 Å². The van der Waals surface area contributed by atoms with Gasteiger partial charge in [-0.2, -0.15) is 5.06 Å². The van der Waals surface area contributed by atoms with E-state index in [1.165, 1.54) is 24.1 Å². The number of aliphatic hydroxyl groups excluding tert-OH is 2. The zero-order valence-electron chi connectivity index (χ0n) is 15.9. The highest BCUT2D eigenvalue weighted by molar-refractivity contribution is 5.88. The Morgan fingerprint density at radius 3 is 2.41 bits per heavy atom. The Labute approximate surface area is 168 Å². The third kappa shape index (κ3) is 4.46. The first kappa shape index (κ1) is 20.9. The molecule has 29 heavy (non-hydrogen) atoms. The topological polar surface area (TPSA) is 133 Å². The first-order valence-corrected chi connectivity index (χ1v) is 9.26. The number of carbonyl (C=O) groups excluding carboxylic acids is 1. The Morgan fingerprint density at radius 1 is 1.17 bits per heavy atom. The Kier molecular flexibility index (Phi) is 6.29. The molecule has 1 heterocycles. The van der Waals surface area contributed by atoms with Crippen molar-refractivity contribution in [3.63, 3.8) is 0 Å². The molecule has 2 aromatic carbocycles. The standard InChI is InChI=1S/C21H24N2O6/c1-12(25)18-17(11-24)29-23(19(18)20(22)26)10-13-3-2-4-16(9-13)14-5-7-15(8-6-14)21(27)28/h2-9,12,17-19,24-25H,10-11H2,1H3,(H2,22,26)(H,27,28)/t12-,17-,18+,19-/m0/s1. The molecule has 1 fully saturated rings.